The van der Waals surface area contributed by atoms with Crippen molar-refractivity contribution in [3.8, 4) is 11.5 Å². The fourth-order valence-corrected chi connectivity index (χ4v) is 3.34. The van der Waals surface area contributed by atoms with Gasteiger partial charge in [0.25, 0.3) is 5.91 Å². The van der Waals surface area contributed by atoms with Crippen LogP contribution in [-0.2, 0) is 9.59 Å². The minimum Gasteiger partial charge on any atom is -0.495 e. The van der Waals surface area contributed by atoms with Crippen molar-refractivity contribution < 1.29 is 19.1 Å². The Morgan fingerprint density at radius 3 is 2.68 bits per heavy atom. The average Bonchev–Trinajstić information content (AvgIpc) is 2.63. The Bertz CT molecular complexity index is 927. The molecule has 1 heterocycles. The van der Waals surface area contributed by atoms with Crippen molar-refractivity contribution in [1.29, 1.82) is 0 Å². The van der Waals surface area contributed by atoms with Crippen molar-refractivity contribution in [1.82, 2.24) is 0 Å². The Kier molecular flexibility index (Phi) is 5.52. The van der Waals surface area contributed by atoms with Crippen LogP contribution in [0.3, 0.4) is 0 Å². The second kappa shape index (κ2) is 7.72. The molecule has 1 N–H and O–H groups in total. The smallest absolute Gasteiger partial charge is 0.270 e. The first kappa shape index (κ1) is 20.0. The van der Waals surface area contributed by atoms with E-state index in [1.165, 1.54) is 7.11 Å². The molecule has 2 aromatic carbocycles. The third-order valence-electron chi connectivity index (χ3n) is 4.53. The molecule has 1 aliphatic heterocycles. The summed E-state index contributed by atoms with van der Waals surface area (Å²) in [7, 11) is 1.53. The molecule has 0 saturated heterocycles. The molecule has 28 heavy (non-hydrogen) atoms. The van der Waals surface area contributed by atoms with Crippen LogP contribution in [0.5, 0.6) is 11.5 Å². The van der Waals surface area contributed by atoms with Crippen molar-refractivity contribution in [2.45, 2.75) is 32.8 Å². The highest BCUT2D eigenvalue weighted by Gasteiger charge is 2.40. The second-order valence-corrected chi connectivity index (χ2v) is 7.60. The summed E-state index contributed by atoms with van der Waals surface area (Å²) in [5.41, 5.74) is 1.28. The zero-order valence-electron chi connectivity index (χ0n) is 16.3. The van der Waals surface area contributed by atoms with Crippen molar-refractivity contribution in [3.05, 3.63) is 47.0 Å². The van der Waals surface area contributed by atoms with E-state index in [1.807, 2.05) is 25.1 Å². The Labute approximate surface area is 169 Å². The SMILES string of the molecule is COc1ccc(NC(=O)CCN2C(=O)C(C)(C)Oc3ccc(C)cc32)cc1Cl. The van der Waals surface area contributed by atoms with E-state index in [4.69, 9.17) is 21.1 Å². The molecule has 0 atom stereocenters. The number of nitrogens with one attached hydrogen (secondary N) is 1. The fraction of sp³-hybridized carbons (Fsp3) is 0.333. The summed E-state index contributed by atoms with van der Waals surface area (Å²) < 4.78 is 10.9. The quantitative estimate of drug-likeness (QED) is 0.814. The summed E-state index contributed by atoms with van der Waals surface area (Å²) in [6, 6.07) is 10.7. The van der Waals surface area contributed by atoms with Gasteiger partial charge in [-0.15, -0.1) is 0 Å². The van der Waals surface area contributed by atoms with E-state index in [2.05, 4.69) is 5.32 Å². The van der Waals surface area contributed by atoms with E-state index in [0.717, 1.165) is 5.56 Å². The molecule has 2 amide bonds. The largest absolute Gasteiger partial charge is 0.495 e. The van der Waals surface area contributed by atoms with Gasteiger partial charge in [0.2, 0.25) is 5.91 Å². The van der Waals surface area contributed by atoms with Gasteiger partial charge in [0.05, 0.1) is 17.8 Å². The number of anilines is 2. The summed E-state index contributed by atoms with van der Waals surface area (Å²) in [6.07, 6.45) is 0.138. The second-order valence-electron chi connectivity index (χ2n) is 7.19. The van der Waals surface area contributed by atoms with E-state index < -0.39 is 5.60 Å². The minimum atomic E-state index is -0.984. The molecule has 0 bridgehead atoms. The van der Waals surface area contributed by atoms with Crippen LogP contribution in [0.4, 0.5) is 11.4 Å². The summed E-state index contributed by atoms with van der Waals surface area (Å²) in [5.74, 6) is 0.781. The van der Waals surface area contributed by atoms with Crippen molar-refractivity contribution in [2.24, 2.45) is 0 Å². The number of rotatable bonds is 5. The molecule has 0 aromatic heterocycles. The first-order valence-electron chi connectivity index (χ1n) is 8.96. The first-order chi connectivity index (χ1) is 13.2. The average molecular weight is 403 g/mol. The lowest BCUT2D eigenvalue weighted by Gasteiger charge is -2.38. The fourth-order valence-electron chi connectivity index (χ4n) is 3.08. The minimum absolute atomic E-state index is 0.138. The number of halogens is 1. The molecule has 0 spiro atoms. The van der Waals surface area contributed by atoms with E-state index in [9.17, 15) is 9.59 Å². The maximum Gasteiger partial charge on any atom is 0.270 e. The van der Waals surface area contributed by atoms with Gasteiger partial charge < -0.3 is 19.7 Å². The number of methoxy groups -OCH3 is 1. The van der Waals surface area contributed by atoms with Crippen LogP contribution in [0.1, 0.15) is 25.8 Å². The number of ether oxygens (including phenoxy) is 2. The van der Waals surface area contributed by atoms with Crippen molar-refractivity contribution in [3.63, 3.8) is 0 Å². The molecular formula is C21H23ClN2O4. The van der Waals surface area contributed by atoms with Gasteiger partial charge in [0.15, 0.2) is 5.60 Å². The Hall–Kier alpha value is -2.73. The van der Waals surface area contributed by atoms with Crippen LogP contribution in [0.25, 0.3) is 0 Å². The number of carbonyl (C=O) groups excluding carboxylic acids is 2. The van der Waals surface area contributed by atoms with E-state index in [0.29, 0.717) is 27.9 Å². The molecule has 0 saturated carbocycles. The van der Waals surface area contributed by atoms with Crippen molar-refractivity contribution >= 4 is 34.8 Å². The van der Waals surface area contributed by atoms with Gasteiger partial charge in [0.1, 0.15) is 11.5 Å². The Morgan fingerprint density at radius 1 is 1.25 bits per heavy atom. The maximum absolute atomic E-state index is 12.8. The number of benzene rings is 2. The Balaban J connectivity index is 1.72. The standard InChI is InChI=1S/C21H23ClN2O4/c1-13-5-7-18-16(11-13)24(20(26)21(2,3)28-18)10-9-19(25)23-14-6-8-17(27-4)15(22)12-14/h5-8,11-12H,9-10H2,1-4H3,(H,23,25). The third-order valence-corrected chi connectivity index (χ3v) is 4.82. The summed E-state index contributed by atoms with van der Waals surface area (Å²) in [6.45, 7) is 5.65. The molecule has 0 fully saturated rings. The summed E-state index contributed by atoms with van der Waals surface area (Å²) in [4.78, 5) is 26.9. The number of nitrogens with zero attached hydrogens (tertiary/aromatic N) is 1. The Morgan fingerprint density at radius 2 is 2.00 bits per heavy atom. The van der Waals surface area contributed by atoms with Gasteiger partial charge in [-0.25, -0.2) is 0 Å². The highest BCUT2D eigenvalue weighted by atomic mass is 35.5. The molecule has 2 aromatic rings. The number of fused-ring (bicyclic) bond motifs is 1. The van der Waals surface area contributed by atoms with Gasteiger partial charge >= 0.3 is 0 Å². The monoisotopic (exact) mass is 402 g/mol. The number of carbonyl (C=O) groups is 2. The van der Waals surface area contributed by atoms with Crippen molar-refractivity contribution in [2.75, 3.05) is 23.9 Å². The third kappa shape index (κ3) is 4.07. The predicted octanol–water partition coefficient (Wildman–Crippen LogP) is 4.19. The first-order valence-corrected chi connectivity index (χ1v) is 9.34. The molecule has 6 nitrogen and oxygen atoms in total. The van der Waals surface area contributed by atoms with E-state index in [1.54, 1.807) is 36.9 Å². The lowest BCUT2D eigenvalue weighted by molar-refractivity contribution is -0.132. The lowest BCUT2D eigenvalue weighted by atomic mass is 10.0. The molecular weight excluding hydrogens is 380 g/mol. The molecule has 3 rings (SSSR count). The van der Waals surface area contributed by atoms with E-state index >= 15 is 0 Å². The topological polar surface area (TPSA) is 67.9 Å². The van der Waals surface area contributed by atoms with Crippen LogP contribution >= 0.6 is 11.6 Å². The van der Waals surface area contributed by atoms with Crippen LogP contribution < -0.4 is 19.7 Å². The summed E-state index contributed by atoms with van der Waals surface area (Å²) >= 11 is 6.09. The molecule has 1 aliphatic rings. The zero-order valence-corrected chi connectivity index (χ0v) is 17.1. The number of aryl methyl sites for hydroxylation is 1. The normalized spacial score (nSPS) is 14.9. The highest BCUT2D eigenvalue weighted by molar-refractivity contribution is 6.32. The van der Waals surface area contributed by atoms with Crippen LogP contribution in [0.2, 0.25) is 5.02 Å². The van der Waals surface area contributed by atoms with Gasteiger partial charge in [-0.2, -0.15) is 0 Å². The van der Waals surface area contributed by atoms with Gasteiger partial charge in [-0.3, -0.25) is 9.59 Å². The van der Waals surface area contributed by atoms with Crippen LogP contribution in [0.15, 0.2) is 36.4 Å². The molecule has 0 unspecified atom stereocenters. The molecule has 7 heteroatoms. The zero-order chi connectivity index (χ0) is 20.5. The summed E-state index contributed by atoms with van der Waals surface area (Å²) in [5, 5.41) is 3.21. The molecule has 0 radical (unpaired) electrons. The van der Waals surface area contributed by atoms with Gasteiger partial charge in [0, 0.05) is 18.7 Å². The maximum atomic E-state index is 12.8. The molecule has 0 aliphatic carbocycles. The van der Waals surface area contributed by atoms with E-state index in [-0.39, 0.29) is 24.8 Å². The number of hydrogen-bond donors (Lipinski definition) is 1. The lowest BCUT2D eigenvalue weighted by Crippen LogP contribution is -2.53. The van der Waals surface area contributed by atoms with Gasteiger partial charge in [-0.1, -0.05) is 17.7 Å². The van der Waals surface area contributed by atoms with Crippen LogP contribution in [-0.4, -0.2) is 31.1 Å². The number of amides is 2. The predicted molar refractivity (Wildman–Crippen MR) is 109 cm³/mol. The highest BCUT2D eigenvalue weighted by Crippen LogP contribution is 2.38. The van der Waals surface area contributed by atoms with Crippen LogP contribution in [0, 0.1) is 6.92 Å². The van der Waals surface area contributed by atoms with Gasteiger partial charge in [-0.05, 0) is 56.7 Å². The molecule has 148 valence electrons. The number of hydrogen-bond acceptors (Lipinski definition) is 4.